The Morgan fingerprint density at radius 3 is 2.60 bits per heavy atom. The van der Waals surface area contributed by atoms with Gasteiger partial charge in [-0.2, -0.15) is 0 Å². The van der Waals surface area contributed by atoms with Gasteiger partial charge in [0.25, 0.3) is 0 Å². The predicted molar refractivity (Wildman–Crippen MR) is 112 cm³/mol. The van der Waals surface area contributed by atoms with Gasteiger partial charge in [-0.25, -0.2) is 4.99 Å². The molecule has 0 bridgehead atoms. The Morgan fingerprint density at radius 1 is 1.32 bits per heavy atom. The van der Waals surface area contributed by atoms with E-state index < -0.39 is 0 Å². The van der Waals surface area contributed by atoms with Gasteiger partial charge in [0.15, 0.2) is 5.96 Å². The van der Waals surface area contributed by atoms with Gasteiger partial charge < -0.3 is 19.9 Å². The van der Waals surface area contributed by atoms with E-state index in [1.807, 2.05) is 0 Å². The zero-order chi connectivity index (χ0) is 17.5. The third kappa shape index (κ3) is 6.90. The molecule has 2 aliphatic rings. The molecule has 146 valence electrons. The molecular formula is C17H34IN5O2. The van der Waals surface area contributed by atoms with Gasteiger partial charge in [-0.1, -0.05) is 6.92 Å². The maximum atomic E-state index is 11.9. The Hall–Kier alpha value is -0.610. The van der Waals surface area contributed by atoms with Crippen molar-refractivity contribution < 1.29 is 9.53 Å². The van der Waals surface area contributed by atoms with E-state index in [1.165, 1.54) is 0 Å². The van der Waals surface area contributed by atoms with Crippen molar-refractivity contribution in [2.24, 2.45) is 4.99 Å². The van der Waals surface area contributed by atoms with Gasteiger partial charge in [0.1, 0.15) is 6.54 Å². The zero-order valence-corrected chi connectivity index (χ0v) is 18.4. The molecule has 0 aromatic rings. The highest BCUT2D eigenvalue weighted by molar-refractivity contribution is 14.0. The molecule has 2 rings (SSSR count). The van der Waals surface area contributed by atoms with Crippen LogP contribution in [0.15, 0.2) is 4.99 Å². The Kier molecular flexibility index (Phi) is 10.0. The summed E-state index contributed by atoms with van der Waals surface area (Å²) in [4.78, 5) is 22.9. The fraction of sp³-hybridized carbons (Fsp3) is 0.882. The van der Waals surface area contributed by atoms with Crippen molar-refractivity contribution in [3.8, 4) is 0 Å². The Bertz CT molecular complexity index is 441. The van der Waals surface area contributed by atoms with Crippen LogP contribution in [0.25, 0.3) is 0 Å². The van der Waals surface area contributed by atoms with E-state index in [1.54, 1.807) is 19.0 Å². The number of carbonyl (C=O) groups is 1. The molecular weight excluding hydrogens is 433 g/mol. The Labute approximate surface area is 169 Å². The van der Waals surface area contributed by atoms with Crippen LogP contribution in [0.2, 0.25) is 0 Å². The van der Waals surface area contributed by atoms with Gasteiger partial charge in [0.2, 0.25) is 5.91 Å². The SMILES string of the molecule is CCC(C)NC(=NCC(=O)N(C)C)N1CCC(N2CCOCC2)C1.I. The average molecular weight is 467 g/mol. The molecule has 2 aliphatic heterocycles. The second-order valence-electron chi connectivity index (χ2n) is 6.92. The van der Waals surface area contributed by atoms with Crippen molar-refractivity contribution in [3.05, 3.63) is 0 Å². The number of halogens is 1. The smallest absolute Gasteiger partial charge is 0.243 e. The lowest BCUT2D eigenvalue weighted by Crippen LogP contribution is -2.48. The normalized spacial score (nSPS) is 23.1. The third-order valence-corrected chi connectivity index (χ3v) is 4.88. The van der Waals surface area contributed by atoms with Crippen molar-refractivity contribution in [2.75, 3.05) is 60.0 Å². The van der Waals surface area contributed by atoms with Gasteiger partial charge in [-0.3, -0.25) is 9.69 Å². The van der Waals surface area contributed by atoms with Crippen LogP contribution < -0.4 is 5.32 Å². The fourth-order valence-corrected chi connectivity index (χ4v) is 3.02. The topological polar surface area (TPSA) is 60.4 Å². The van der Waals surface area contributed by atoms with Gasteiger partial charge in [0.05, 0.1) is 13.2 Å². The molecule has 0 aromatic carbocycles. The molecule has 0 spiro atoms. The van der Waals surface area contributed by atoms with Gasteiger partial charge >= 0.3 is 0 Å². The summed E-state index contributed by atoms with van der Waals surface area (Å²) in [5.74, 6) is 0.901. The molecule has 2 heterocycles. The Balaban J connectivity index is 0.00000312. The molecule has 2 saturated heterocycles. The molecule has 2 unspecified atom stereocenters. The first kappa shape index (κ1) is 22.4. The third-order valence-electron chi connectivity index (χ3n) is 4.88. The van der Waals surface area contributed by atoms with Crippen LogP contribution in [0.3, 0.4) is 0 Å². The number of rotatable bonds is 5. The second kappa shape index (κ2) is 11.2. The van der Waals surface area contributed by atoms with Crippen LogP contribution in [-0.2, 0) is 9.53 Å². The summed E-state index contributed by atoms with van der Waals surface area (Å²) >= 11 is 0. The van der Waals surface area contributed by atoms with Crippen molar-refractivity contribution in [1.82, 2.24) is 20.0 Å². The lowest BCUT2D eigenvalue weighted by atomic mass is 10.2. The molecule has 1 N–H and O–H groups in total. The molecule has 0 aliphatic carbocycles. The predicted octanol–water partition coefficient (Wildman–Crippen LogP) is 0.843. The number of likely N-dealkylation sites (N-methyl/N-ethyl adjacent to an activating group) is 1. The number of ether oxygens (including phenoxy) is 1. The van der Waals surface area contributed by atoms with E-state index in [0.717, 1.165) is 58.2 Å². The fourth-order valence-electron chi connectivity index (χ4n) is 3.02. The van der Waals surface area contributed by atoms with Crippen molar-refractivity contribution >= 4 is 35.8 Å². The number of guanidine groups is 1. The van der Waals surface area contributed by atoms with Crippen LogP contribution in [-0.4, -0.2) is 98.7 Å². The first-order chi connectivity index (χ1) is 11.5. The van der Waals surface area contributed by atoms with E-state index in [-0.39, 0.29) is 36.4 Å². The highest BCUT2D eigenvalue weighted by Gasteiger charge is 2.30. The van der Waals surface area contributed by atoms with E-state index in [0.29, 0.717) is 12.1 Å². The van der Waals surface area contributed by atoms with E-state index in [4.69, 9.17) is 4.74 Å². The van der Waals surface area contributed by atoms with Crippen LogP contribution in [0.1, 0.15) is 26.7 Å². The summed E-state index contributed by atoms with van der Waals surface area (Å²) in [5.41, 5.74) is 0. The number of hydrogen-bond acceptors (Lipinski definition) is 4. The molecule has 2 atom stereocenters. The average Bonchev–Trinajstić information content (AvgIpc) is 3.08. The molecule has 0 aromatic heterocycles. The first-order valence-corrected chi connectivity index (χ1v) is 9.09. The van der Waals surface area contributed by atoms with E-state index in [2.05, 4.69) is 34.0 Å². The number of aliphatic imine (C=N–C) groups is 1. The van der Waals surface area contributed by atoms with Crippen molar-refractivity contribution in [1.29, 1.82) is 0 Å². The van der Waals surface area contributed by atoms with Crippen LogP contribution >= 0.6 is 24.0 Å². The molecule has 7 nitrogen and oxygen atoms in total. The summed E-state index contributed by atoms with van der Waals surface area (Å²) in [6.07, 6.45) is 2.17. The monoisotopic (exact) mass is 467 g/mol. The summed E-state index contributed by atoms with van der Waals surface area (Å²) in [5, 5.41) is 3.49. The Morgan fingerprint density at radius 2 is 2.00 bits per heavy atom. The second-order valence-corrected chi connectivity index (χ2v) is 6.92. The minimum absolute atomic E-state index is 0. The number of amides is 1. The minimum atomic E-state index is 0. The highest BCUT2D eigenvalue weighted by atomic mass is 127. The molecule has 2 fully saturated rings. The van der Waals surface area contributed by atoms with Gasteiger partial charge in [-0.15, -0.1) is 24.0 Å². The highest BCUT2D eigenvalue weighted by Crippen LogP contribution is 2.17. The number of likely N-dealkylation sites (tertiary alicyclic amines) is 1. The molecule has 0 radical (unpaired) electrons. The standard InChI is InChI=1S/C17H33N5O2.HI/c1-5-14(2)19-17(18-12-16(23)20(3)4)22-7-6-15(13-22)21-8-10-24-11-9-21;/h14-15H,5-13H2,1-4H3,(H,18,19);1H. The van der Waals surface area contributed by atoms with Crippen LogP contribution in [0, 0.1) is 0 Å². The summed E-state index contributed by atoms with van der Waals surface area (Å²) in [7, 11) is 3.54. The molecule has 8 heteroatoms. The number of morpholine rings is 1. The van der Waals surface area contributed by atoms with Crippen molar-refractivity contribution in [2.45, 2.75) is 38.8 Å². The van der Waals surface area contributed by atoms with Crippen LogP contribution in [0.4, 0.5) is 0 Å². The summed E-state index contributed by atoms with van der Waals surface area (Å²) in [6, 6.07) is 0.906. The zero-order valence-electron chi connectivity index (χ0n) is 16.0. The molecule has 0 saturated carbocycles. The van der Waals surface area contributed by atoms with Crippen molar-refractivity contribution in [3.63, 3.8) is 0 Å². The lowest BCUT2D eigenvalue weighted by molar-refractivity contribution is -0.127. The number of nitrogens with zero attached hydrogens (tertiary/aromatic N) is 4. The van der Waals surface area contributed by atoms with Gasteiger partial charge in [0, 0.05) is 52.4 Å². The maximum absolute atomic E-state index is 11.9. The van der Waals surface area contributed by atoms with E-state index in [9.17, 15) is 4.79 Å². The number of carbonyl (C=O) groups excluding carboxylic acids is 1. The van der Waals surface area contributed by atoms with E-state index >= 15 is 0 Å². The molecule has 25 heavy (non-hydrogen) atoms. The maximum Gasteiger partial charge on any atom is 0.243 e. The largest absolute Gasteiger partial charge is 0.379 e. The van der Waals surface area contributed by atoms with Crippen LogP contribution in [0.5, 0.6) is 0 Å². The quantitative estimate of drug-likeness (QED) is 0.369. The van der Waals surface area contributed by atoms with Gasteiger partial charge in [-0.05, 0) is 19.8 Å². The first-order valence-electron chi connectivity index (χ1n) is 9.09. The number of hydrogen-bond donors (Lipinski definition) is 1. The number of nitrogens with one attached hydrogen (secondary N) is 1. The summed E-state index contributed by atoms with van der Waals surface area (Å²) in [6.45, 7) is 10.2. The lowest BCUT2D eigenvalue weighted by Gasteiger charge is -2.32. The minimum Gasteiger partial charge on any atom is -0.379 e. The molecule has 1 amide bonds. The summed E-state index contributed by atoms with van der Waals surface area (Å²) < 4.78 is 5.45.